The van der Waals surface area contributed by atoms with Crippen molar-refractivity contribution in [3.63, 3.8) is 0 Å². The van der Waals surface area contributed by atoms with Crippen molar-refractivity contribution < 1.29 is 9.90 Å². The molecule has 1 fully saturated rings. The zero-order valence-corrected chi connectivity index (χ0v) is 10.7. The highest BCUT2D eigenvalue weighted by Gasteiger charge is 2.20. The molecule has 5 nitrogen and oxygen atoms in total. The molecule has 0 bridgehead atoms. The van der Waals surface area contributed by atoms with Crippen LogP contribution in [0, 0.1) is 11.3 Å². The second kappa shape index (κ2) is 6.21. The van der Waals surface area contributed by atoms with Gasteiger partial charge in [0, 0.05) is 32.7 Å². The molecule has 1 aromatic rings. The monoisotopic (exact) mass is 259 g/mol. The summed E-state index contributed by atoms with van der Waals surface area (Å²) in [4.78, 5) is 15.5. The van der Waals surface area contributed by atoms with Crippen molar-refractivity contribution in [3.8, 4) is 11.8 Å². The fourth-order valence-electron chi connectivity index (χ4n) is 2.25. The van der Waals surface area contributed by atoms with E-state index < -0.39 is 0 Å². The third kappa shape index (κ3) is 3.70. The number of nitrogens with zero attached hydrogens (tertiary/aromatic N) is 3. The number of aromatic hydroxyl groups is 1. The predicted molar refractivity (Wildman–Crippen MR) is 70.2 cm³/mol. The lowest BCUT2D eigenvalue weighted by molar-refractivity contribution is -0.131. The standard InChI is InChI=1S/C14H17N3O2/c15-5-4-14(19)17-8-6-16(7-9-17)11-12-2-1-3-13(18)10-12/h1-3,10,18H,4,6-9,11H2. The van der Waals surface area contributed by atoms with E-state index in [1.807, 2.05) is 18.2 Å². The van der Waals surface area contributed by atoms with Crippen LogP contribution in [0.5, 0.6) is 5.75 Å². The highest BCUT2D eigenvalue weighted by molar-refractivity contribution is 5.78. The van der Waals surface area contributed by atoms with Gasteiger partial charge in [-0.2, -0.15) is 5.26 Å². The average Bonchev–Trinajstić information content (AvgIpc) is 2.40. The maximum absolute atomic E-state index is 11.6. The van der Waals surface area contributed by atoms with Crippen LogP contribution in [0.2, 0.25) is 0 Å². The molecule has 0 unspecified atom stereocenters. The molecule has 19 heavy (non-hydrogen) atoms. The molecular formula is C14H17N3O2. The van der Waals surface area contributed by atoms with E-state index in [0.717, 1.165) is 25.2 Å². The Labute approximate surface area is 112 Å². The molecule has 0 atom stereocenters. The molecular weight excluding hydrogens is 242 g/mol. The molecule has 1 amide bonds. The summed E-state index contributed by atoms with van der Waals surface area (Å²) in [6, 6.07) is 9.11. The van der Waals surface area contributed by atoms with Gasteiger partial charge in [-0.3, -0.25) is 9.69 Å². The maximum Gasteiger partial charge on any atom is 0.236 e. The Kier molecular flexibility index (Phi) is 4.37. The minimum absolute atomic E-state index is 0.0352. The first-order valence-electron chi connectivity index (χ1n) is 6.34. The first-order valence-corrected chi connectivity index (χ1v) is 6.34. The van der Waals surface area contributed by atoms with Gasteiger partial charge in [0.05, 0.1) is 6.07 Å². The molecule has 0 aliphatic carbocycles. The SMILES string of the molecule is N#CCC(=O)N1CCN(Cc2cccc(O)c2)CC1. The van der Waals surface area contributed by atoms with Crippen molar-refractivity contribution in [2.45, 2.75) is 13.0 Å². The summed E-state index contributed by atoms with van der Waals surface area (Å²) < 4.78 is 0. The third-order valence-corrected chi connectivity index (χ3v) is 3.27. The van der Waals surface area contributed by atoms with Crippen molar-refractivity contribution in [2.75, 3.05) is 26.2 Å². The molecule has 0 radical (unpaired) electrons. The average molecular weight is 259 g/mol. The number of carbonyl (C=O) groups is 1. The summed E-state index contributed by atoms with van der Waals surface area (Å²) in [5.74, 6) is 0.194. The highest BCUT2D eigenvalue weighted by atomic mass is 16.3. The Morgan fingerprint density at radius 3 is 2.68 bits per heavy atom. The van der Waals surface area contributed by atoms with Crippen LogP contribution in [-0.2, 0) is 11.3 Å². The van der Waals surface area contributed by atoms with Crippen molar-refractivity contribution in [3.05, 3.63) is 29.8 Å². The van der Waals surface area contributed by atoms with Gasteiger partial charge < -0.3 is 10.0 Å². The van der Waals surface area contributed by atoms with E-state index in [0.29, 0.717) is 13.1 Å². The summed E-state index contributed by atoms with van der Waals surface area (Å²) >= 11 is 0. The number of hydrogen-bond acceptors (Lipinski definition) is 4. The van der Waals surface area contributed by atoms with E-state index >= 15 is 0 Å². The summed E-state index contributed by atoms with van der Waals surface area (Å²) in [5.41, 5.74) is 1.07. The van der Waals surface area contributed by atoms with Crippen LogP contribution in [-0.4, -0.2) is 47.0 Å². The number of hydrogen-bond donors (Lipinski definition) is 1. The smallest absolute Gasteiger partial charge is 0.236 e. The molecule has 0 aromatic heterocycles. The first kappa shape index (κ1) is 13.4. The Morgan fingerprint density at radius 2 is 2.05 bits per heavy atom. The van der Waals surface area contributed by atoms with Crippen molar-refractivity contribution in [1.82, 2.24) is 9.80 Å². The van der Waals surface area contributed by atoms with Crippen LogP contribution in [0.15, 0.2) is 24.3 Å². The number of phenolic OH excluding ortho intramolecular Hbond substituents is 1. The fourth-order valence-corrected chi connectivity index (χ4v) is 2.25. The van der Waals surface area contributed by atoms with Crippen LogP contribution >= 0.6 is 0 Å². The topological polar surface area (TPSA) is 67.6 Å². The molecule has 1 N–H and O–H groups in total. The summed E-state index contributed by atoms with van der Waals surface area (Å²) in [6.45, 7) is 3.70. The second-order valence-corrected chi connectivity index (χ2v) is 4.66. The number of nitriles is 1. The Morgan fingerprint density at radius 1 is 1.32 bits per heavy atom. The van der Waals surface area contributed by atoms with Gasteiger partial charge in [-0.1, -0.05) is 12.1 Å². The van der Waals surface area contributed by atoms with Gasteiger partial charge in [0.2, 0.25) is 5.91 Å². The molecule has 5 heteroatoms. The lowest BCUT2D eigenvalue weighted by Gasteiger charge is -2.34. The molecule has 0 spiro atoms. The van der Waals surface area contributed by atoms with Crippen molar-refractivity contribution in [2.24, 2.45) is 0 Å². The van der Waals surface area contributed by atoms with Crippen LogP contribution in [0.1, 0.15) is 12.0 Å². The highest BCUT2D eigenvalue weighted by Crippen LogP contribution is 2.14. The van der Waals surface area contributed by atoms with Crippen LogP contribution in [0.3, 0.4) is 0 Å². The first-order chi connectivity index (χ1) is 9.19. The van der Waals surface area contributed by atoms with E-state index in [1.54, 1.807) is 17.0 Å². The predicted octanol–water partition coefficient (Wildman–Crippen LogP) is 0.950. The Bertz CT molecular complexity index is 488. The number of piperazine rings is 1. The van der Waals surface area contributed by atoms with Crippen LogP contribution in [0.25, 0.3) is 0 Å². The second-order valence-electron chi connectivity index (χ2n) is 4.66. The van der Waals surface area contributed by atoms with Crippen molar-refractivity contribution in [1.29, 1.82) is 5.26 Å². The van der Waals surface area contributed by atoms with Gasteiger partial charge in [0.15, 0.2) is 0 Å². The summed E-state index contributed by atoms with van der Waals surface area (Å²) in [6.07, 6.45) is -0.0352. The molecule has 1 heterocycles. The lowest BCUT2D eigenvalue weighted by atomic mass is 10.2. The lowest BCUT2D eigenvalue weighted by Crippen LogP contribution is -2.48. The number of carbonyl (C=O) groups excluding carboxylic acids is 1. The molecule has 1 aliphatic rings. The fraction of sp³-hybridized carbons (Fsp3) is 0.429. The quantitative estimate of drug-likeness (QED) is 0.877. The Balaban J connectivity index is 1.84. The van der Waals surface area contributed by atoms with Crippen LogP contribution < -0.4 is 0 Å². The Hall–Kier alpha value is -2.06. The van der Waals surface area contributed by atoms with E-state index in [4.69, 9.17) is 5.26 Å². The van der Waals surface area contributed by atoms with Gasteiger partial charge in [-0.15, -0.1) is 0 Å². The zero-order chi connectivity index (χ0) is 13.7. The van der Waals surface area contributed by atoms with Crippen LogP contribution in [0.4, 0.5) is 0 Å². The van der Waals surface area contributed by atoms with E-state index in [9.17, 15) is 9.90 Å². The zero-order valence-electron chi connectivity index (χ0n) is 10.7. The van der Waals surface area contributed by atoms with E-state index in [2.05, 4.69) is 4.90 Å². The van der Waals surface area contributed by atoms with Gasteiger partial charge in [0.1, 0.15) is 12.2 Å². The number of rotatable bonds is 3. The molecule has 1 aliphatic heterocycles. The number of phenols is 1. The molecule has 1 aromatic carbocycles. The normalized spacial score (nSPS) is 16.1. The van der Waals surface area contributed by atoms with Gasteiger partial charge in [-0.05, 0) is 17.7 Å². The third-order valence-electron chi connectivity index (χ3n) is 3.27. The molecule has 100 valence electrons. The number of benzene rings is 1. The molecule has 1 saturated heterocycles. The van der Waals surface area contributed by atoms with E-state index in [-0.39, 0.29) is 18.1 Å². The van der Waals surface area contributed by atoms with Gasteiger partial charge in [0.25, 0.3) is 0 Å². The largest absolute Gasteiger partial charge is 0.508 e. The number of amides is 1. The maximum atomic E-state index is 11.6. The van der Waals surface area contributed by atoms with E-state index in [1.165, 1.54) is 0 Å². The molecule has 2 rings (SSSR count). The summed E-state index contributed by atoms with van der Waals surface area (Å²) in [5, 5.41) is 17.9. The minimum atomic E-state index is -0.0838. The van der Waals surface area contributed by atoms with Gasteiger partial charge >= 0.3 is 0 Å². The minimum Gasteiger partial charge on any atom is -0.508 e. The van der Waals surface area contributed by atoms with Gasteiger partial charge in [-0.25, -0.2) is 0 Å². The summed E-state index contributed by atoms with van der Waals surface area (Å²) in [7, 11) is 0. The molecule has 0 saturated carbocycles. The van der Waals surface area contributed by atoms with Crippen molar-refractivity contribution >= 4 is 5.91 Å².